The number of hydrogen-bond acceptors (Lipinski definition) is 3. The van der Waals surface area contributed by atoms with Gasteiger partial charge in [0, 0.05) is 17.3 Å². The smallest absolute Gasteiger partial charge is 0.139 e. The first-order valence-corrected chi connectivity index (χ1v) is 8.66. The quantitative estimate of drug-likeness (QED) is 0.676. The molecule has 4 aliphatic carbocycles. The van der Waals surface area contributed by atoms with Crippen molar-refractivity contribution in [1.82, 2.24) is 0 Å². The van der Waals surface area contributed by atoms with Gasteiger partial charge in [-0.2, -0.15) is 0 Å². The number of aliphatic hydroxyl groups excluding tert-OH is 2. The summed E-state index contributed by atoms with van der Waals surface area (Å²) in [5.41, 5.74) is 0.905. The molecule has 0 heterocycles. The summed E-state index contributed by atoms with van der Waals surface area (Å²) < 4.78 is 0. The van der Waals surface area contributed by atoms with E-state index in [0.29, 0.717) is 30.5 Å². The maximum atomic E-state index is 12.4. The molecule has 0 aromatic rings. The van der Waals surface area contributed by atoms with E-state index in [1.165, 1.54) is 5.57 Å². The zero-order valence-corrected chi connectivity index (χ0v) is 13.5. The molecule has 2 fully saturated rings. The lowest BCUT2D eigenvalue weighted by atomic mass is 9.48. The molecule has 3 heteroatoms. The number of carbonyl (C=O) groups excluding carboxylic acids is 1. The Kier molecular flexibility index (Phi) is 3.03. The first kappa shape index (κ1) is 14.6. The van der Waals surface area contributed by atoms with Gasteiger partial charge in [-0.25, -0.2) is 0 Å². The fourth-order valence-electron chi connectivity index (χ4n) is 6.00. The molecule has 0 aromatic heterocycles. The Hall–Kier alpha value is -0.930. The Labute approximate surface area is 132 Å². The van der Waals surface area contributed by atoms with Crippen molar-refractivity contribution in [3.8, 4) is 0 Å². The average molecular weight is 302 g/mol. The Morgan fingerprint density at radius 1 is 1.18 bits per heavy atom. The first-order valence-electron chi connectivity index (χ1n) is 8.66. The SMILES string of the molecule is C[C@]12C=C[C@H](O)CC1=C[C@@H](O)[C@@H]1[C@@H]2CC[C@@]2(C)C(=O)CC[C@@H]12. The fourth-order valence-corrected chi connectivity index (χ4v) is 6.00. The van der Waals surface area contributed by atoms with Gasteiger partial charge in [0.2, 0.25) is 0 Å². The van der Waals surface area contributed by atoms with Gasteiger partial charge in [0.05, 0.1) is 12.2 Å². The highest BCUT2D eigenvalue weighted by Gasteiger charge is 2.60. The van der Waals surface area contributed by atoms with Crippen molar-refractivity contribution in [2.45, 2.75) is 58.2 Å². The van der Waals surface area contributed by atoms with Gasteiger partial charge < -0.3 is 10.2 Å². The molecule has 4 rings (SSSR count). The van der Waals surface area contributed by atoms with E-state index in [1.54, 1.807) is 0 Å². The molecule has 0 radical (unpaired) electrons. The Balaban J connectivity index is 1.78. The van der Waals surface area contributed by atoms with Gasteiger partial charge in [-0.3, -0.25) is 4.79 Å². The van der Waals surface area contributed by atoms with Crippen LogP contribution in [0.25, 0.3) is 0 Å². The third kappa shape index (κ3) is 1.73. The second kappa shape index (κ2) is 4.55. The van der Waals surface area contributed by atoms with Crippen molar-refractivity contribution in [2.24, 2.45) is 28.6 Å². The first-order chi connectivity index (χ1) is 10.4. The number of allylic oxidation sites excluding steroid dienone is 1. The minimum atomic E-state index is -0.470. The lowest BCUT2D eigenvalue weighted by Gasteiger charge is -2.56. The molecule has 0 aromatic carbocycles. The molecular weight excluding hydrogens is 276 g/mol. The van der Waals surface area contributed by atoms with E-state index >= 15 is 0 Å². The molecule has 22 heavy (non-hydrogen) atoms. The zero-order valence-electron chi connectivity index (χ0n) is 13.5. The van der Waals surface area contributed by atoms with E-state index in [2.05, 4.69) is 19.9 Å². The largest absolute Gasteiger partial charge is 0.389 e. The summed E-state index contributed by atoms with van der Waals surface area (Å²) in [5.74, 6) is 1.27. The Morgan fingerprint density at radius 2 is 1.95 bits per heavy atom. The van der Waals surface area contributed by atoms with Gasteiger partial charge in [0.25, 0.3) is 0 Å². The molecule has 0 aliphatic heterocycles. The topological polar surface area (TPSA) is 57.5 Å². The number of aliphatic hydroxyl groups is 2. The van der Waals surface area contributed by atoms with Crippen molar-refractivity contribution < 1.29 is 15.0 Å². The van der Waals surface area contributed by atoms with Gasteiger partial charge in [-0.15, -0.1) is 0 Å². The average Bonchev–Trinajstić information content (AvgIpc) is 2.77. The summed E-state index contributed by atoms with van der Waals surface area (Å²) in [4.78, 5) is 12.4. The van der Waals surface area contributed by atoms with E-state index in [1.807, 2.05) is 12.2 Å². The van der Waals surface area contributed by atoms with Crippen LogP contribution in [0, 0.1) is 28.6 Å². The van der Waals surface area contributed by atoms with Crippen LogP contribution in [0.2, 0.25) is 0 Å². The van der Waals surface area contributed by atoms with Gasteiger partial charge in [0.1, 0.15) is 5.78 Å². The lowest BCUT2D eigenvalue weighted by molar-refractivity contribution is -0.133. The van der Waals surface area contributed by atoms with E-state index < -0.39 is 12.2 Å². The van der Waals surface area contributed by atoms with Crippen LogP contribution in [0.5, 0.6) is 0 Å². The Bertz CT molecular complexity index is 577. The van der Waals surface area contributed by atoms with Crippen LogP contribution >= 0.6 is 0 Å². The molecule has 3 nitrogen and oxygen atoms in total. The van der Waals surface area contributed by atoms with Crippen LogP contribution < -0.4 is 0 Å². The number of carbonyl (C=O) groups is 1. The number of rotatable bonds is 0. The summed E-state index contributed by atoms with van der Waals surface area (Å²) in [6.45, 7) is 4.38. The minimum absolute atomic E-state index is 0.0594. The van der Waals surface area contributed by atoms with Crippen molar-refractivity contribution in [3.05, 3.63) is 23.8 Å². The van der Waals surface area contributed by atoms with Gasteiger partial charge in [-0.05, 0) is 43.4 Å². The fraction of sp³-hybridized carbons (Fsp3) is 0.737. The molecule has 0 saturated heterocycles. The molecule has 120 valence electrons. The molecule has 0 bridgehead atoms. The van der Waals surface area contributed by atoms with Crippen LogP contribution in [0.3, 0.4) is 0 Å². The molecule has 2 N–H and O–H groups in total. The minimum Gasteiger partial charge on any atom is -0.389 e. The second-order valence-corrected chi connectivity index (χ2v) is 8.30. The highest BCUT2D eigenvalue weighted by atomic mass is 16.3. The van der Waals surface area contributed by atoms with Crippen LogP contribution in [0.1, 0.15) is 46.0 Å². The van der Waals surface area contributed by atoms with Gasteiger partial charge >= 0.3 is 0 Å². The standard InChI is InChI=1S/C19H26O3/c1-18-7-5-12(20)9-11(18)10-15(21)17-13-3-4-16(22)19(13,2)8-6-14(17)18/h5,7,10,12-15,17,20-21H,3-4,6,8-9H2,1-2H3/t12-,13-,14-,15+,17-,18-,19+/m0/s1. The van der Waals surface area contributed by atoms with Crippen LogP contribution in [-0.4, -0.2) is 28.2 Å². The number of fused-ring (bicyclic) bond motifs is 5. The van der Waals surface area contributed by atoms with Crippen LogP contribution in [0.15, 0.2) is 23.8 Å². The molecule has 0 unspecified atom stereocenters. The third-order valence-corrected chi connectivity index (χ3v) is 7.36. The molecule has 0 amide bonds. The molecule has 0 spiro atoms. The third-order valence-electron chi connectivity index (χ3n) is 7.36. The molecule has 4 aliphatic rings. The summed E-state index contributed by atoms with van der Waals surface area (Å²) in [6, 6.07) is 0. The monoisotopic (exact) mass is 302 g/mol. The van der Waals surface area contributed by atoms with Crippen LogP contribution in [-0.2, 0) is 4.79 Å². The van der Waals surface area contributed by atoms with E-state index in [9.17, 15) is 15.0 Å². The number of hydrogen-bond donors (Lipinski definition) is 2. The predicted octanol–water partition coefficient (Wildman–Crippen LogP) is 2.63. The molecule has 7 atom stereocenters. The summed E-state index contributed by atoms with van der Waals surface area (Å²) in [7, 11) is 0. The summed E-state index contributed by atoms with van der Waals surface area (Å²) >= 11 is 0. The molecule has 2 saturated carbocycles. The van der Waals surface area contributed by atoms with Crippen molar-refractivity contribution >= 4 is 5.78 Å². The van der Waals surface area contributed by atoms with Crippen molar-refractivity contribution in [3.63, 3.8) is 0 Å². The van der Waals surface area contributed by atoms with Crippen molar-refractivity contribution in [1.29, 1.82) is 0 Å². The highest BCUT2D eigenvalue weighted by Crippen LogP contribution is 2.62. The normalized spacial score (nSPS) is 53.5. The van der Waals surface area contributed by atoms with Crippen molar-refractivity contribution in [2.75, 3.05) is 0 Å². The Morgan fingerprint density at radius 3 is 2.73 bits per heavy atom. The van der Waals surface area contributed by atoms with E-state index in [0.717, 1.165) is 19.3 Å². The highest BCUT2D eigenvalue weighted by molar-refractivity contribution is 5.87. The van der Waals surface area contributed by atoms with E-state index in [-0.39, 0.29) is 16.7 Å². The molecular formula is C19H26O3. The summed E-state index contributed by atoms with van der Waals surface area (Å²) in [5, 5.41) is 20.7. The van der Waals surface area contributed by atoms with Gasteiger partial charge in [0.15, 0.2) is 0 Å². The number of ketones is 1. The summed E-state index contributed by atoms with van der Waals surface area (Å²) in [6.07, 6.45) is 9.36. The van der Waals surface area contributed by atoms with Crippen LogP contribution in [0.4, 0.5) is 0 Å². The second-order valence-electron chi connectivity index (χ2n) is 8.30. The van der Waals surface area contributed by atoms with Gasteiger partial charge in [-0.1, -0.05) is 37.6 Å². The number of Topliss-reactive ketones (excluding diaryl/α,β-unsaturated/α-hetero) is 1. The van der Waals surface area contributed by atoms with E-state index in [4.69, 9.17) is 0 Å². The maximum absolute atomic E-state index is 12.4. The zero-order chi connectivity index (χ0) is 15.7. The maximum Gasteiger partial charge on any atom is 0.139 e. The lowest BCUT2D eigenvalue weighted by Crippen LogP contribution is -2.53. The predicted molar refractivity (Wildman–Crippen MR) is 84.0 cm³/mol.